The average Bonchev–Trinajstić information content (AvgIpc) is 2.79. The predicted molar refractivity (Wildman–Crippen MR) is 80.6 cm³/mol. The zero-order valence-corrected chi connectivity index (χ0v) is 13.4. The van der Waals surface area contributed by atoms with Gasteiger partial charge in [0.2, 0.25) is 17.6 Å². The average molecular weight is 333 g/mol. The van der Waals surface area contributed by atoms with Gasteiger partial charge in [-0.3, -0.25) is 24.1 Å². The summed E-state index contributed by atoms with van der Waals surface area (Å²) in [7, 11) is 0. The second kappa shape index (κ2) is 7.25. The molecule has 1 saturated carbocycles. The standard InChI is InChI=1S/C16H19N3O5/c1-9(18)12(6-17)13(20)8-24-14(21)7-19-15(22)10-4-2-3-5-11(10)16(19)23/h10-11H,2-5,7-8,18H2,1H3/b12-9+/t10-,11+. The fourth-order valence-corrected chi connectivity index (χ4v) is 3.15. The van der Waals surface area contributed by atoms with Crippen LogP contribution >= 0.6 is 0 Å². The minimum absolute atomic E-state index is 0.0347. The van der Waals surface area contributed by atoms with E-state index >= 15 is 0 Å². The van der Waals surface area contributed by atoms with E-state index in [4.69, 9.17) is 15.7 Å². The maximum atomic E-state index is 12.2. The Bertz CT molecular complexity index is 633. The summed E-state index contributed by atoms with van der Waals surface area (Å²) in [6.07, 6.45) is 3.11. The lowest BCUT2D eigenvalue weighted by molar-refractivity contribution is -0.154. The van der Waals surface area contributed by atoms with Crippen LogP contribution in [0.1, 0.15) is 32.6 Å². The zero-order valence-electron chi connectivity index (χ0n) is 13.4. The van der Waals surface area contributed by atoms with Gasteiger partial charge in [-0.2, -0.15) is 5.26 Å². The third-order valence-corrected chi connectivity index (χ3v) is 4.37. The van der Waals surface area contributed by atoms with Crippen LogP contribution in [0.25, 0.3) is 0 Å². The van der Waals surface area contributed by atoms with E-state index in [0.717, 1.165) is 17.7 Å². The monoisotopic (exact) mass is 333 g/mol. The van der Waals surface area contributed by atoms with Gasteiger partial charge in [0.25, 0.3) is 0 Å². The van der Waals surface area contributed by atoms with Crippen LogP contribution in [0.3, 0.4) is 0 Å². The molecule has 0 aromatic carbocycles. The van der Waals surface area contributed by atoms with Crippen molar-refractivity contribution in [2.75, 3.05) is 13.2 Å². The first-order valence-electron chi connectivity index (χ1n) is 7.77. The summed E-state index contributed by atoms with van der Waals surface area (Å²) in [5.74, 6) is -2.96. The third kappa shape index (κ3) is 3.45. The number of rotatable bonds is 5. The highest BCUT2D eigenvalue weighted by molar-refractivity contribution is 6.07. The summed E-state index contributed by atoms with van der Waals surface area (Å²) in [5.41, 5.74) is 5.15. The Labute approximate surface area is 139 Å². The van der Waals surface area contributed by atoms with Crippen molar-refractivity contribution in [1.29, 1.82) is 5.26 Å². The molecule has 8 nitrogen and oxygen atoms in total. The molecule has 2 atom stereocenters. The second-order valence-electron chi connectivity index (χ2n) is 6.01. The van der Waals surface area contributed by atoms with Crippen LogP contribution < -0.4 is 5.73 Å². The molecule has 1 saturated heterocycles. The molecule has 24 heavy (non-hydrogen) atoms. The van der Waals surface area contributed by atoms with Gasteiger partial charge in [0.15, 0.2) is 6.61 Å². The van der Waals surface area contributed by atoms with Crippen molar-refractivity contribution in [2.24, 2.45) is 17.6 Å². The molecule has 128 valence electrons. The summed E-state index contributed by atoms with van der Waals surface area (Å²) in [4.78, 5) is 48.9. The van der Waals surface area contributed by atoms with Gasteiger partial charge < -0.3 is 10.5 Å². The lowest BCUT2D eigenvalue weighted by Gasteiger charge is -2.19. The summed E-state index contributed by atoms with van der Waals surface area (Å²) in [5, 5.41) is 8.80. The van der Waals surface area contributed by atoms with Gasteiger partial charge in [0.1, 0.15) is 18.2 Å². The highest BCUT2D eigenvalue weighted by atomic mass is 16.5. The molecule has 2 N–H and O–H groups in total. The van der Waals surface area contributed by atoms with E-state index in [0.29, 0.717) is 12.8 Å². The molecule has 0 spiro atoms. The fourth-order valence-electron chi connectivity index (χ4n) is 3.15. The molecule has 1 aliphatic heterocycles. The Morgan fingerprint density at radius 1 is 1.25 bits per heavy atom. The lowest BCUT2D eigenvalue weighted by Crippen LogP contribution is -2.37. The van der Waals surface area contributed by atoms with E-state index in [9.17, 15) is 19.2 Å². The molecular weight excluding hydrogens is 314 g/mol. The van der Waals surface area contributed by atoms with Crippen LogP contribution in [-0.2, 0) is 23.9 Å². The molecular formula is C16H19N3O5. The SMILES string of the molecule is C/C(N)=C(/C#N)C(=O)COC(=O)CN1C(=O)[C@H]2CCCC[C@H]2C1=O. The van der Waals surface area contributed by atoms with Gasteiger partial charge in [-0.25, -0.2) is 0 Å². The first-order chi connectivity index (χ1) is 11.4. The van der Waals surface area contributed by atoms with Crippen molar-refractivity contribution < 1.29 is 23.9 Å². The summed E-state index contributed by atoms with van der Waals surface area (Å²) < 4.78 is 4.77. The lowest BCUT2D eigenvalue weighted by atomic mass is 9.81. The van der Waals surface area contributed by atoms with Crippen molar-refractivity contribution in [3.63, 3.8) is 0 Å². The number of nitrogens with two attached hydrogens (primary N) is 1. The van der Waals surface area contributed by atoms with Crippen LogP contribution in [0.15, 0.2) is 11.3 Å². The molecule has 0 unspecified atom stereocenters. The Kier molecular flexibility index (Phi) is 5.34. The van der Waals surface area contributed by atoms with Gasteiger partial charge >= 0.3 is 5.97 Å². The number of ether oxygens (including phenoxy) is 1. The highest BCUT2D eigenvalue weighted by Crippen LogP contribution is 2.37. The van der Waals surface area contributed by atoms with Crippen LogP contribution in [-0.4, -0.2) is 41.6 Å². The van der Waals surface area contributed by atoms with Crippen LogP contribution in [0, 0.1) is 23.2 Å². The number of likely N-dealkylation sites (tertiary alicyclic amines) is 1. The number of allylic oxidation sites excluding steroid dienone is 1. The molecule has 2 fully saturated rings. The number of imide groups is 1. The van der Waals surface area contributed by atoms with Gasteiger partial charge in [-0.1, -0.05) is 12.8 Å². The number of carbonyl (C=O) groups excluding carboxylic acids is 4. The Balaban J connectivity index is 1.92. The van der Waals surface area contributed by atoms with Crippen molar-refractivity contribution in [3.05, 3.63) is 11.3 Å². The summed E-state index contributed by atoms with van der Waals surface area (Å²) in [6, 6.07) is 1.64. The normalized spacial score (nSPS) is 24.1. The van der Waals surface area contributed by atoms with E-state index < -0.39 is 24.9 Å². The third-order valence-electron chi connectivity index (χ3n) is 4.37. The number of nitriles is 1. The predicted octanol–water partition coefficient (Wildman–Crippen LogP) is 0.0302. The number of esters is 1. The molecule has 2 amide bonds. The Morgan fingerprint density at radius 3 is 2.25 bits per heavy atom. The van der Waals surface area contributed by atoms with E-state index in [1.807, 2.05) is 0 Å². The number of hydrogen-bond donors (Lipinski definition) is 1. The maximum Gasteiger partial charge on any atom is 0.326 e. The van der Waals surface area contributed by atoms with Crippen molar-refractivity contribution in [1.82, 2.24) is 4.90 Å². The van der Waals surface area contributed by atoms with Gasteiger partial charge in [-0.15, -0.1) is 0 Å². The highest BCUT2D eigenvalue weighted by Gasteiger charge is 2.48. The van der Waals surface area contributed by atoms with E-state index in [-0.39, 0.29) is 34.9 Å². The van der Waals surface area contributed by atoms with Gasteiger partial charge in [-0.05, 0) is 19.8 Å². The summed E-state index contributed by atoms with van der Waals surface area (Å²) in [6.45, 7) is 0.228. The molecule has 0 aromatic heterocycles. The van der Waals surface area contributed by atoms with Crippen LogP contribution in [0.5, 0.6) is 0 Å². The van der Waals surface area contributed by atoms with E-state index in [1.165, 1.54) is 6.92 Å². The number of Topliss-reactive ketones (excluding diaryl/α,β-unsaturated/α-hetero) is 1. The van der Waals surface area contributed by atoms with Crippen LogP contribution in [0.4, 0.5) is 0 Å². The quantitative estimate of drug-likeness (QED) is 0.325. The number of nitrogens with zero attached hydrogens (tertiary/aromatic N) is 2. The zero-order chi connectivity index (χ0) is 17.9. The number of amides is 2. The number of hydrogen-bond acceptors (Lipinski definition) is 7. The smallest absolute Gasteiger partial charge is 0.326 e. The minimum Gasteiger partial charge on any atom is -0.456 e. The molecule has 2 aliphatic rings. The first kappa shape index (κ1) is 17.7. The Morgan fingerprint density at radius 2 is 1.79 bits per heavy atom. The maximum absolute atomic E-state index is 12.2. The van der Waals surface area contributed by atoms with Crippen LogP contribution in [0.2, 0.25) is 0 Å². The van der Waals surface area contributed by atoms with Crippen molar-refractivity contribution in [2.45, 2.75) is 32.6 Å². The van der Waals surface area contributed by atoms with Crippen molar-refractivity contribution in [3.8, 4) is 6.07 Å². The molecule has 1 aliphatic carbocycles. The minimum atomic E-state index is -0.865. The van der Waals surface area contributed by atoms with Crippen molar-refractivity contribution >= 4 is 23.6 Å². The largest absolute Gasteiger partial charge is 0.456 e. The second-order valence-corrected chi connectivity index (χ2v) is 6.01. The number of fused-ring (bicyclic) bond motifs is 1. The van der Waals surface area contributed by atoms with Gasteiger partial charge in [0.05, 0.1) is 11.8 Å². The first-order valence-corrected chi connectivity index (χ1v) is 7.77. The molecule has 0 bridgehead atoms. The molecule has 2 rings (SSSR count). The van der Waals surface area contributed by atoms with Gasteiger partial charge in [0, 0.05) is 5.70 Å². The van der Waals surface area contributed by atoms with E-state index in [2.05, 4.69) is 0 Å². The molecule has 8 heteroatoms. The molecule has 0 aromatic rings. The fraction of sp³-hybridized carbons (Fsp3) is 0.562. The number of carbonyl (C=O) groups is 4. The number of ketones is 1. The Hall–Kier alpha value is -2.69. The molecule has 1 heterocycles. The summed E-state index contributed by atoms with van der Waals surface area (Å²) >= 11 is 0. The molecule has 0 radical (unpaired) electrons. The van der Waals surface area contributed by atoms with E-state index in [1.54, 1.807) is 6.07 Å². The topological polar surface area (TPSA) is 131 Å².